The number of para-hydroxylation sites is 1. The number of amides is 1. The van der Waals surface area contributed by atoms with E-state index >= 15 is 0 Å². The molecule has 0 unspecified atom stereocenters. The van der Waals surface area contributed by atoms with E-state index in [4.69, 9.17) is 14.2 Å². The molecular formula is C33H35N3O6. The average Bonchev–Trinajstić information content (AvgIpc) is 3.03. The summed E-state index contributed by atoms with van der Waals surface area (Å²) in [5.41, 5.74) is 2.68. The van der Waals surface area contributed by atoms with Crippen LogP contribution in [0.15, 0.2) is 83.7 Å². The molecule has 9 heteroatoms. The number of carbonyl (C=O) groups is 1. The van der Waals surface area contributed by atoms with Crippen LogP contribution in [0.2, 0.25) is 0 Å². The van der Waals surface area contributed by atoms with Crippen LogP contribution >= 0.6 is 0 Å². The minimum Gasteiger partial charge on any atom is -0.488 e. The summed E-state index contributed by atoms with van der Waals surface area (Å²) < 4.78 is 19.1. The van der Waals surface area contributed by atoms with Gasteiger partial charge in [-0.05, 0) is 48.2 Å². The van der Waals surface area contributed by atoms with E-state index in [1.54, 1.807) is 6.07 Å². The van der Waals surface area contributed by atoms with Crippen LogP contribution in [-0.2, 0) is 19.7 Å². The third kappa shape index (κ3) is 6.21. The minimum absolute atomic E-state index is 0.0726. The largest absolute Gasteiger partial charge is 0.488 e. The molecule has 1 N–H and O–H groups in total. The zero-order valence-corrected chi connectivity index (χ0v) is 23.5. The first-order valence-electron chi connectivity index (χ1n) is 14.4. The standard InChI is InChI=1S/C33H35N3O6/c37-32-21-30(42-23-24-6-2-1-3-7-24)27-8-4-5-9-28(27)35(32)17-16-34-14-12-26(13-15-34)36(33(38)39)22-25-10-11-29-31(20-25)41-19-18-40-29/h1-11,20-21,26H,12-19,22-23H2,(H,38,39). The first-order chi connectivity index (χ1) is 20.5. The zero-order valence-electron chi connectivity index (χ0n) is 23.5. The molecule has 4 aromatic rings. The number of likely N-dealkylation sites (tertiary alicyclic amines) is 1. The number of fused-ring (bicyclic) bond motifs is 2. The maximum absolute atomic E-state index is 13.2. The van der Waals surface area contributed by atoms with Crippen molar-refractivity contribution in [1.29, 1.82) is 0 Å². The van der Waals surface area contributed by atoms with Crippen LogP contribution in [0.4, 0.5) is 4.79 Å². The summed E-state index contributed by atoms with van der Waals surface area (Å²) in [5, 5.41) is 10.9. The molecule has 1 amide bonds. The minimum atomic E-state index is -0.920. The second-order valence-electron chi connectivity index (χ2n) is 10.8. The molecule has 2 aliphatic rings. The molecule has 2 aliphatic heterocycles. The molecule has 0 saturated carbocycles. The quantitative estimate of drug-likeness (QED) is 0.303. The lowest BCUT2D eigenvalue weighted by Gasteiger charge is -2.37. The van der Waals surface area contributed by atoms with E-state index in [1.165, 1.54) is 4.90 Å². The van der Waals surface area contributed by atoms with Crippen LogP contribution in [-0.4, -0.2) is 64.5 Å². The number of ether oxygens (including phenoxy) is 3. The summed E-state index contributed by atoms with van der Waals surface area (Å²) in [7, 11) is 0. The van der Waals surface area contributed by atoms with Crippen molar-refractivity contribution in [2.24, 2.45) is 0 Å². The van der Waals surface area contributed by atoms with Gasteiger partial charge in [0.25, 0.3) is 5.56 Å². The van der Waals surface area contributed by atoms with Crippen LogP contribution in [0.5, 0.6) is 17.2 Å². The fourth-order valence-electron chi connectivity index (χ4n) is 5.82. The van der Waals surface area contributed by atoms with Crippen LogP contribution in [0.25, 0.3) is 10.9 Å². The Morgan fingerprint density at radius 3 is 2.40 bits per heavy atom. The molecule has 1 aromatic heterocycles. The lowest BCUT2D eigenvalue weighted by Crippen LogP contribution is -2.47. The van der Waals surface area contributed by atoms with Gasteiger partial charge in [-0.3, -0.25) is 4.79 Å². The molecule has 0 aliphatic carbocycles. The highest BCUT2D eigenvalue weighted by molar-refractivity contribution is 5.85. The lowest BCUT2D eigenvalue weighted by molar-refractivity contribution is 0.0856. The Kier molecular flexibility index (Phi) is 8.28. The van der Waals surface area contributed by atoms with Crippen LogP contribution in [0.3, 0.4) is 0 Å². The van der Waals surface area contributed by atoms with Crippen LogP contribution < -0.4 is 19.8 Å². The number of aromatic nitrogens is 1. The van der Waals surface area contributed by atoms with Crippen molar-refractivity contribution in [1.82, 2.24) is 14.4 Å². The highest BCUT2D eigenvalue weighted by atomic mass is 16.6. The van der Waals surface area contributed by atoms with E-state index in [-0.39, 0.29) is 11.6 Å². The van der Waals surface area contributed by atoms with Crippen LogP contribution in [0.1, 0.15) is 24.0 Å². The van der Waals surface area contributed by atoms with Gasteiger partial charge in [-0.1, -0.05) is 48.5 Å². The fourth-order valence-corrected chi connectivity index (χ4v) is 5.82. The second kappa shape index (κ2) is 12.6. The molecule has 1 saturated heterocycles. The van der Waals surface area contributed by atoms with E-state index in [0.29, 0.717) is 56.7 Å². The molecule has 0 atom stereocenters. The normalized spacial score (nSPS) is 15.4. The highest BCUT2D eigenvalue weighted by Gasteiger charge is 2.28. The lowest BCUT2D eigenvalue weighted by atomic mass is 10.0. The molecule has 0 bridgehead atoms. The summed E-state index contributed by atoms with van der Waals surface area (Å²) in [6, 6.07) is 24.9. The SMILES string of the molecule is O=C(O)N(Cc1ccc2c(c1)OCCO2)C1CCN(CCn2c(=O)cc(OCc3ccccc3)c3ccccc32)CC1. The number of rotatable bonds is 9. The summed E-state index contributed by atoms with van der Waals surface area (Å²) >= 11 is 0. The van der Waals surface area contributed by atoms with Gasteiger partial charge < -0.3 is 33.7 Å². The third-order valence-corrected chi connectivity index (χ3v) is 8.06. The first-order valence-corrected chi connectivity index (χ1v) is 14.4. The van der Waals surface area contributed by atoms with Gasteiger partial charge in [0.1, 0.15) is 25.6 Å². The van der Waals surface area contributed by atoms with Crippen molar-refractivity contribution >= 4 is 17.0 Å². The van der Waals surface area contributed by atoms with Crippen molar-refractivity contribution in [3.63, 3.8) is 0 Å². The Morgan fingerprint density at radius 1 is 0.881 bits per heavy atom. The Labute approximate surface area is 244 Å². The molecule has 218 valence electrons. The van der Waals surface area contributed by atoms with Crippen molar-refractivity contribution in [3.8, 4) is 17.2 Å². The zero-order chi connectivity index (χ0) is 28.9. The second-order valence-corrected chi connectivity index (χ2v) is 10.8. The Balaban J connectivity index is 1.08. The molecule has 0 spiro atoms. The molecule has 3 aromatic carbocycles. The predicted molar refractivity (Wildman–Crippen MR) is 159 cm³/mol. The molecular weight excluding hydrogens is 534 g/mol. The molecule has 1 fully saturated rings. The maximum Gasteiger partial charge on any atom is 0.407 e. The molecule has 9 nitrogen and oxygen atoms in total. The summed E-state index contributed by atoms with van der Waals surface area (Å²) in [5.74, 6) is 1.95. The number of piperidine rings is 1. The van der Waals surface area contributed by atoms with Gasteiger partial charge in [0, 0.05) is 50.2 Å². The van der Waals surface area contributed by atoms with Crippen molar-refractivity contribution in [3.05, 3.63) is 100 Å². The Bertz CT molecular complexity index is 1600. The third-order valence-electron chi connectivity index (χ3n) is 8.06. The van der Waals surface area contributed by atoms with E-state index in [1.807, 2.05) is 77.4 Å². The Hall–Kier alpha value is -4.50. The van der Waals surface area contributed by atoms with Gasteiger partial charge in [0.2, 0.25) is 0 Å². The maximum atomic E-state index is 13.2. The smallest absolute Gasteiger partial charge is 0.407 e. The average molecular weight is 570 g/mol. The van der Waals surface area contributed by atoms with Gasteiger partial charge in [-0.15, -0.1) is 0 Å². The van der Waals surface area contributed by atoms with Gasteiger partial charge in [0.05, 0.1) is 5.52 Å². The number of carboxylic acid groups (broad SMARTS) is 1. The number of pyridine rings is 1. The van der Waals surface area contributed by atoms with E-state index in [0.717, 1.165) is 48.0 Å². The van der Waals surface area contributed by atoms with Crippen LogP contribution in [0, 0.1) is 0 Å². The Morgan fingerprint density at radius 2 is 1.62 bits per heavy atom. The molecule has 3 heterocycles. The number of benzene rings is 3. The first kappa shape index (κ1) is 27.7. The summed E-state index contributed by atoms with van der Waals surface area (Å²) in [4.78, 5) is 29.2. The van der Waals surface area contributed by atoms with Gasteiger partial charge in [-0.2, -0.15) is 0 Å². The molecule has 6 rings (SSSR count). The monoisotopic (exact) mass is 569 g/mol. The fraction of sp³-hybridized carbons (Fsp3) is 0.333. The summed E-state index contributed by atoms with van der Waals surface area (Å²) in [6.45, 7) is 4.49. The highest BCUT2D eigenvalue weighted by Crippen LogP contribution is 2.32. The van der Waals surface area contributed by atoms with Gasteiger partial charge >= 0.3 is 6.09 Å². The number of hydrogen-bond donors (Lipinski definition) is 1. The van der Waals surface area contributed by atoms with E-state index in [2.05, 4.69) is 4.90 Å². The number of nitrogens with zero attached hydrogens (tertiary/aromatic N) is 3. The van der Waals surface area contributed by atoms with E-state index in [9.17, 15) is 14.7 Å². The molecule has 42 heavy (non-hydrogen) atoms. The topological polar surface area (TPSA) is 93.5 Å². The van der Waals surface area contributed by atoms with E-state index < -0.39 is 6.09 Å². The predicted octanol–water partition coefficient (Wildman–Crippen LogP) is 5.00. The molecule has 0 radical (unpaired) electrons. The van der Waals surface area contributed by atoms with Gasteiger partial charge in [0.15, 0.2) is 11.5 Å². The van der Waals surface area contributed by atoms with Gasteiger partial charge in [-0.25, -0.2) is 4.79 Å². The van der Waals surface area contributed by atoms with Crippen molar-refractivity contribution in [2.45, 2.75) is 38.6 Å². The van der Waals surface area contributed by atoms with Crippen molar-refractivity contribution in [2.75, 3.05) is 32.8 Å². The summed E-state index contributed by atoms with van der Waals surface area (Å²) in [6.07, 6.45) is 0.549. The number of hydrogen-bond acceptors (Lipinski definition) is 6. The van der Waals surface area contributed by atoms with Crippen molar-refractivity contribution < 1.29 is 24.1 Å².